The number of likely N-dealkylation sites (tertiary alicyclic amines) is 1. The fourth-order valence-corrected chi connectivity index (χ4v) is 11.9. The van der Waals surface area contributed by atoms with Crippen LogP contribution >= 0.6 is 0 Å². The molecule has 2 spiro atoms. The standard InChI is InChI=1S/C47H53N3O4.C5H7NO2/c1-31-25-41-44(40-27-48-45(52)42(31)40)53-30-46(41)17-21-49(22-18-46)28-32-15-16-47(54-29-32)19-23-50(24-20-47)36-10-7-34(8-11-36)43-38(33-5-3-2-4-6-33)13-9-35-26-37(51)12-14-39(35)43;7-4-2-1-3-5(8)6-4/h2-8,10-12,14,25-26,32,38,43,51H,9,13,15-24,27-30H2,1H3,(H,48,52);1-3H2,(H,6,7,8). The number of benzene rings is 4. The van der Waals surface area contributed by atoms with Crippen molar-refractivity contribution in [1.82, 2.24) is 15.5 Å². The number of carbonyl (C=O) groups is 3. The molecule has 10 nitrogen and oxygen atoms in total. The number of nitrogens with one attached hydrogen (secondary N) is 2. The molecule has 324 valence electrons. The number of hydrogen-bond acceptors (Lipinski definition) is 8. The third-order valence-electron chi connectivity index (χ3n) is 15.5. The van der Waals surface area contributed by atoms with Crippen LogP contribution in [-0.2, 0) is 32.7 Å². The molecule has 7 aliphatic rings. The molecule has 4 fully saturated rings. The van der Waals surface area contributed by atoms with E-state index < -0.39 is 0 Å². The highest BCUT2D eigenvalue weighted by molar-refractivity contribution is 6.01. The lowest BCUT2D eigenvalue weighted by Gasteiger charge is -2.47. The molecule has 3 N–H and O–H groups in total. The quantitative estimate of drug-likeness (QED) is 0.174. The van der Waals surface area contributed by atoms with Crippen LogP contribution in [0.5, 0.6) is 11.5 Å². The van der Waals surface area contributed by atoms with E-state index in [9.17, 15) is 19.5 Å². The number of aryl methyl sites for hydroxylation is 2. The zero-order chi connectivity index (χ0) is 42.4. The van der Waals surface area contributed by atoms with E-state index in [-0.39, 0.29) is 34.7 Å². The van der Waals surface area contributed by atoms with Crippen molar-refractivity contribution in [2.24, 2.45) is 5.92 Å². The second-order valence-corrected chi connectivity index (χ2v) is 19.2. The fourth-order valence-electron chi connectivity index (χ4n) is 11.9. The molecule has 1 aliphatic carbocycles. The van der Waals surface area contributed by atoms with Gasteiger partial charge in [-0.25, -0.2) is 0 Å². The summed E-state index contributed by atoms with van der Waals surface area (Å²) < 4.78 is 13.2. The van der Waals surface area contributed by atoms with Crippen LogP contribution in [0.15, 0.2) is 78.9 Å². The van der Waals surface area contributed by atoms with Crippen LogP contribution in [0.2, 0.25) is 0 Å². The monoisotopic (exact) mass is 836 g/mol. The zero-order valence-electron chi connectivity index (χ0n) is 36.1. The summed E-state index contributed by atoms with van der Waals surface area (Å²) in [6, 6.07) is 28.6. The Labute approximate surface area is 365 Å². The first-order chi connectivity index (χ1) is 30.2. The molecule has 3 atom stereocenters. The number of carbonyl (C=O) groups excluding carboxylic acids is 3. The van der Waals surface area contributed by atoms with Crippen LogP contribution in [0.3, 0.4) is 0 Å². The number of phenols is 1. The Morgan fingerprint density at radius 1 is 0.806 bits per heavy atom. The molecule has 4 aromatic rings. The van der Waals surface area contributed by atoms with Gasteiger partial charge in [0.25, 0.3) is 5.91 Å². The van der Waals surface area contributed by atoms with E-state index in [1.165, 1.54) is 39.9 Å². The number of nitrogens with zero attached hydrogens (tertiary/aromatic N) is 2. The first kappa shape index (κ1) is 40.9. The van der Waals surface area contributed by atoms with Gasteiger partial charge in [-0.15, -0.1) is 0 Å². The molecule has 0 aromatic heterocycles. The van der Waals surface area contributed by atoms with Crippen molar-refractivity contribution in [3.63, 3.8) is 0 Å². The molecule has 11 rings (SSSR count). The van der Waals surface area contributed by atoms with Gasteiger partial charge in [-0.05, 0) is 142 Å². The van der Waals surface area contributed by atoms with Gasteiger partial charge in [-0.3, -0.25) is 19.7 Å². The van der Waals surface area contributed by atoms with Gasteiger partial charge in [-0.2, -0.15) is 0 Å². The van der Waals surface area contributed by atoms with Crippen molar-refractivity contribution in [3.8, 4) is 11.5 Å². The summed E-state index contributed by atoms with van der Waals surface area (Å²) in [5.74, 6) is 2.40. The number of aromatic hydroxyl groups is 1. The van der Waals surface area contributed by atoms with Crippen molar-refractivity contribution in [2.75, 3.05) is 50.8 Å². The minimum atomic E-state index is -0.138. The Morgan fingerprint density at radius 3 is 2.26 bits per heavy atom. The minimum absolute atomic E-state index is 0.0262. The molecule has 4 aromatic carbocycles. The largest absolute Gasteiger partial charge is 0.508 e. The molecule has 0 saturated carbocycles. The van der Waals surface area contributed by atoms with Gasteiger partial charge in [-0.1, -0.05) is 54.6 Å². The molecule has 3 unspecified atom stereocenters. The normalized spacial score (nSPS) is 24.9. The summed E-state index contributed by atoms with van der Waals surface area (Å²) >= 11 is 0. The van der Waals surface area contributed by atoms with E-state index in [0.29, 0.717) is 43.4 Å². The van der Waals surface area contributed by atoms with Gasteiger partial charge in [0, 0.05) is 67.2 Å². The average molecular weight is 837 g/mol. The Hall–Kier alpha value is -5.19. The lowest BCUT2D eigenvalue weighted by atomic mass is 9.69. The Kier molecular flexibility index (Phi) is 11.1. The Balaban J connectivity index is 0.000000518. The predicted octanol–water partition coefficient (Wildman–Crippen LogP) is 7.81. The lowest BCUT2D eigenvalue weighted by Crippen LogP contribution is -2.51. The van der Waals surface area contributed by atoms with Crippen molar-refractivity contribution in [2.45, 2.75) is 107 Å². The van der Waals surface area contributed by atoms with Crippen LogP contribution in [0.25, 0.3) is 0 Å². The van der Waals surface area contributed by atoms with E-state index in [2.05, 4.69) is 94.1 Å². The highest BCUT2D eigenvalue weighted by Gasteiger charge is 2.47. The van der Waals surface area contributed by atoms with Crippen molar-refractivity contribution >= 4 is 23.4 Å². The highest BCUT2D eigenvalue weighted by atomic mass is 16.5. The first-order valence-electron chi connectivity index (χ1n) is 23.1. The number of rotatable bonds is 5. The van der Waals surface area contributed by atoms with Gasteiger partial charge >= 0.3 is 0 Å². The van der Waals surface area contributed by atoms with Gasteiger partial charge < -0.3 is 29.7 Å². The number of fused-ring (bicyclic) bond motifs is 5. The minimum Gasteiger partial charge on any atom is -0.508 e. The summed E-state index contributed by atoms with van der Waals surface area (Å²) in [5.41, 5.74) is 11.1. The van der Waals surface area contributed by atoms with E-state index in [1.807, 2.05) is 12.1 Å². The fraction of sp³-hybridized carbons (Fsp3) is 0.481. The van der Waals surface area contributed by atoms with Crippen molar-refractivity contribution < 1.29 is 29.0 Å². The summed E-state index contributed by atoms with van der Waals surface area (Å²) in [6.45, 7) is 9.66. The average Bonchev–Trinajstić information content (AvgIpc) is 3.86. The van der Waals surface area contributed by atoms with Crippen LogP contribution in [0, 0.1) is 12.8 Å². The summed E-state index contributed by atoms with van der Waals surface area (Å²) in [4.78, 5) is 38.3. The molecular formula is C52H60N4O6. The highest BCUT2D eigenvalue weighted by Crippen LogP contribution is 2.50. The van der Waals surface area contributed by atoms with Gasteiger partial charge in [0.1, 0.15) is 11.5 Å². The van der Waals surface area contributed by atoms with Crippen LogP contribution < -0.4 is 20.3 Å². The molecule has 6 heterocycles. The molecule has 10 heteroatoms. The van der Waals surface area contributed by atoms with Crippen molar-refractivity contribution in [3.05, 3.63) is 123 Å². The Morgan fingerprint density at radius 2 is 1.56 bits per heavy atom. The number of anilines is 1. The molecule has 62 heavy (non-hydrogen) atoms. The van der Waals surface area contributed by atoms with Crippen LogP contribution in [0.1, 0.15) is 125 Å². The van der Waals surface area contributed by atoms with E-state index >= 15 is 0 Å². The second-order valence-electron chi connectivity index (χ2n) is 19.2. The van der Waals surface area contributed by atoms with Crippen LogP contribution in [-0.4, -0.2) is 79.3 Å². The molecule has 0 bridgehead atoms. The number of phenolic OH excluding ortho intramolecular Hbond substituents is 1. The molecule has 3 amide bonds. The van der Waals surface area contributed by atoms with Gasteiger partial charge in [0.15, 0.2) is 0 Å². The molecule has 4 saturated heterocycles. The smallest absolute Gasteiger partial charge is 0.252 e. The topological polar surface area (TPSA) is 120 Å². The van der Waals surface area contributed by atoms with Crippen molar-refractivity contribution in [1.29, 1.82) is 0 Å². The van der Waals surface area contributed by atoms with E-state index in [4.69, 9.17) is 9.47 Å². The molecule has 6 aliphatic heterocycles. The maximum Gasteiger partial charge on any atom is 0.252 e. The van der Waals surface area contributed by atoms with E-state index in [1.54, 1.807) is 0 Å². The second kappa shape index (κ2) is 16.8. The SMILES string of the molecule is Cc1cc2c(c3c1C(=O)NC3)OCC21CCN(CC2CCC3(CCN(c4ccc(C5c6ccc(O)cc6CCC5c5ccccc5)cc4)CC3)OC2)CC1.O=C1CCCC(=O)N1. The molecular weight excluding hydrogens is 777 g/mol. The first-order valence-corrected chi connectivity index (χ1v) is 23.1. The maximum atomic E-state index is 12.4. The Bertz CT molecular complexity index is 2310. The number of imide groups is 1. The zero-order valence-corrected chi connectivity index (χ0v) is 36.1. The predicted molar refractivity (Wildman–Crippen MR) is 239 cm³/mol. The molecule has 0 radical (unpaired) electrons. The van der Waals surface area contributed by atoms with Gasteiger partial charge in [0.05, 0.1) is 24.4 Å². The van der Waals surface area contributed by atoms with E-state index in [0.717, 1.165) is 113 Å². The van der Waals surface area contributed by atoms with Gasteiger partial charge in [0.2, 0.25) is 11.8 Å². The number of amides is 3. The van der Waals surface area contributed by atoms with Crippen LogP contribution in [0.4, 0.5) is 5.69 Å². The lowest BCUT2D eigenvalue weighted by molar-refractivity contribution is -0.133. The third-order valence-corrected chi connectivity index (χ3v) is 15.5. The summed E-state index contributed by atoms with van der Waals surface area (Å²) in [5, 5.41) is 15.4. The summed E-state index contributed by atoms with van der Waals surface area (Å²) in [6.07, 6.45) is 10.6. The third kappa shape index (κ3) is 7.89. The number of ether oxygens (including phenoxy) is 2. The summed E-state index contributed by atoms with van der Waals surface area (Å²) in [7, 11) is 0. The number of piperidine rings is 3. The maximum absolute atomic E-state index is 12.4. The number of hydrogen-bond donors (Lipinski definition) is 3.